The van der Waals surface area contributed by atoms with Gasteiger partial charge in [0, 0.05) is 27.7 Å². The number of hydrogen-bond acceptors (Lipinski definition) is 10. The van der Waals surface area contributed by atoms with Gasteiger partial charge in [-0.25, -0.2) is 0 Å². The van der Waals surface area contributed by atoms with E-state index in [0.29, 0.717) is 0 Å². The summed E-state index contributed by atoms with van der Waals surface area (Å²) < 4.78 is 35.0. The van der Waals surface area contributed by atoms with E-state index in [4.69, 9.17) is 28.1 Å². The largest absolute Gasteiger partial charge is 0.456 e. The standard InChI is InChI=1S/C30H38O10Si/c1-19(31)36-26-25(40-29(39-22(4)34)28(38-21(3)33)27(26)37-20(2)32)18-35-41(30(5,6)7,23-14-10-8-11-15-23)24-16-12-9-13-17-24/h8-17,25-29H,18H2,1-7H3/t25-,26+,27+,28-,29-/m1/s1. The molecule has 0 amide bonds. The zero-order chi connectivity index (χ0) is 30.4. The molecule has 2 aromatic carbocycles. The molecule has 0 aromatic heterocycles. The molecule has 0 N–H and O–H groups in total. The number of hydrogen-bond donors (Lipinski definition) is 0. The van der Waals surface area contributed by atoms with Crippen LogP contribution in [-0.2, 0) is 47.3 Å². The van der Waals surface area contributed by atoms with E-state index in [9.17, 15) is 19.2 Å². The molecule has 10 nitrogen and oxygen atoms in total. The average Bonchev–Trinajstić information content (AvgIpc) is 2.87. The molecule has 0 radical (unpaired) electrons. The van der Waals surface area contributed by atoms with Crippen molar-refractivity contribution in [1.29, 1.82) is 0 Å². The highest BCUT2D eigenvalue weighted by atomic mass is 28.4. The number of ether oxygens (including phenoxy) is 5. The van der Waals surface area contributed by atoms with Crippen LogP contribution in [0.4, 0.5) is 0 Å². The number of esters is 4. The van der Waals surface area contributed by atoms with Crippen molar-refractivity contribution in [3.63, 3.8) is 0 Å². The highest BCUT2D eigenvalue weighted by Crippen LogP contribution is 2.38. The van der Waals surface area contributed by atoms with Crippen LogP contribution in [0.25, 0.3) is 0 Å². The lowest BCUT2D eigenvalue weighted by Crippen LogP contribution is -2.69. The van der Waals surface area contributed by atoms with Crippen molar-refractivity contribution in [1.82, 2.24) is 0 Å². The smallest absolute Gasteiger partial charge is 0.305 e. The van der Waals surface area contributed by atoms with Gasteiger partial charge in [-0.3, -0.25) is 19.2 Å². The SMILES string of the molecule is CC(=O)O[C@@H]1O[C@H](CO[Si](c2ccccc2)(c2ccccc2)C(C)(C)C)[C@H](OC(C)=O)[C@H](OC(C)=O)[C@H]1OC(C)=O. The summed E-state index contributed by atoms with van der Waals surface area (Å²) in [5.74, 6) is -2.86. The Morgan fingerprint density at radius 1 is 0.659 bits per heavy atom. The van der Waals surface area contributed by atoms with Gasteiger partial charge in [-0.2, -0.15) is 0 Å². The third-order valence-electron chi connectivity index (χ3n) is 6.66. The molecule has 1 aliphatic rings. The number of benzene rings is 2. The second kappa shape index (κ2) is 13.4. The molecule has 0 saturated carbocycles. The summed E-state index contributed by atoms with van der Waals surface area (Å²) in [6, 6.07) is 19.8. The molecular formula is C30H38O10Si. The maximum atomic E-state index is 12.2. The lowest BCUT2D eigenvalue weighted by molar-refractivity contribution is -0.298. The number of rotatable bonds is 9. The molecule has 222 valence electrons. The van der Waals surface area contributed by atoms with Gasteiger partial charge in [0.2, 0.25) is 12.4 Å². The summed E-state index contributed by atoms with van der Waals surface area (Å²) in [6.45, 7) is 10.9. The third kappa shape index (κ3) is 7.60. The van der Waals surface area contributed by atoms with Crippen molar-refractivity contribution >= 4 is 42.6 Å². The Kier molecular flexibility index (Phi) is 10.5. The molecular weight excluding hydrogens is 548 g/mol. The summed E-state index contributed by atoms with van der Waals surface area (Å²) in [5.41, 5.74) is 0. The summed E-state index contributed by atoms with van der Waals surface area (Å²) in [7, 11) is -3.08. The summed E-state index contributed by atoms with van der Waals surface area (Å²) in [4.78, 5) is 48.4. The van der Waals surface area contributed by atoms with E-state index < -0.39 is 62.9 Å². The first-order valence-electron chi connectivity index (χ1n) is 13.4. The molecule has 1 fully saturated rings. The van der Waals surface area contributed by atoms with Crippen molar-refractivity contribution in [3.05, 3.63) is 60.7 Å². The van der Waals surface area contributed by atoms with Gasteiger partial charge in [-0.1, -0.05) is 81.4 Å². The first-order valence-corrected chi connectivity index (χ1v) is 15.3. The van der Waals surface area contributed by atoms with E-state index >= 15 is 0 Å². The second-order valence-corrected chi connectivity index (χ2v) is 15.2. The number of carbonyl (C=O) groups excluding carboxylic acids is 4. The van der Waals surface area contributed by atoms with Crippen LogP contribution in [0.3, 0.4) is 0 Å². The van der Waals surface area contributed by atoms with Crippen molar-refractivity contribution in [2.24, 2.45) is 0 Å². The Labute approximate surface area is 241 Å². The van der Waals surface area contributed by atoms with Crippen molar-refractivity contribution in [2.45, 2.75) is 84.2 Å². The molecule has 41 heavy (non-hydrogen) atoms. The molecule has 0 bridgehead atoms. The lowest BCUT2D eigenvalue weighted by Gasteiger charge is -2.47. The fourth-order valence-electron chi connectivity index (χ4n) is 5.22. The van der Waals surface area contributed by atoms with Crippen LogP contribution in [0.15, 0.2) is 60.7 Å². The quantitative estimate of drug-likeness (QED) is 0.246. The minimum Gasteiger partial charge on any atom is -0.456 e. The summed E-state index contributed by atoms with van der Waals surface area (Å²) >= 11 is 0. The predicted molar refractivity (Wildman–Crippen MR) is 151 cm³/mol. The average molecular weight is 587 g/mol. The van der Waals surface area contributed by atoms with E-state index in [1.165, 1.54) is 20.8 Å². The number of carbonyl (C=O) groups is 4. The minimum absolute atomic E-state index is 0.131. The maximum absolute atomic E-state index is 12.2. The van der Waals surface area contributed by atoms with Gasteiger partial charge in [0.1, 0.15) is 6.10 Å². The molecule has 1 saturated heterocycles. The van der Waals surface area contributed by atoms with Crippen molar-refractivity contribution in [3.8, 4) is 0 Å². The van der Waals surface area contributed by atoms with Crippen molar-refractivity contribution < 1.29 is 47.3 Å². The summed E-state index contributed by atoms with van der Waals surface area (Å²) in [6.07, 6.45) is -6.51. The molecule has 3 rings (SSSR count). The van der Waals surface area contributed by atoms with E-state index in [1.54, 1.807) is 0 Å². The normalized spacial score (nSPS) is 22.8. The van der Waals surface area contributed by atoms with Crippen LogP contribution < -0.4 is 10.4 Å². The highest BCUT2D eigenvalue weighted by Gasteiger charge is 2.56. The molecule has 11 heteroatoms. The minimum atomic E-state index is -3.08. The highest BCUT2D eigenvalue weighted by molar-refractivity contribution is 6.99. The van der Waals surface area contributed by atoms with Gasteiger partial charge in [0.15, 0.2) is 12.2 Å². The fourth-order valence-corrected chi connectivity index (χ4v) is 9.79. The van der Waals surface area contributed by atoms with Gasteiger partial charge < -0.3 is 28.1 Å². The summed E-state index contributed by atoms with van der Waals surface area (Å²) in [5, 5.41) is 1.63. The van der Waals surface area contributed by atoms with Gasteiger partial charge in [0.05, 0.1) is 6.61 Å². The monoisotopic (exact) mass is 586 g/mol. The predicted octanol–water partition coefficient (Wildman–Crippen LogP) is 2.65. The second-order valence-electron chi connectivity index (χ2n) is 10.8. The first-order chi connectivity index (χ1) is 19.3. The zero-order valence-corrected chi connectivity index (χ0v) is 25.4. The van der Waals surface area contributed by atoms with Crippen LogP contribution in [0.5, 0.6) is 0 Å². The fraction of sp³-hybridized carbons (Fsp3) is 0.467. The topological polar surface area (TPSA) is 124 Å². The van der Waals surface area contributed by atoms with Crippen LogP contribution in [0, 0.1) is 0 Å². The Balaban J connectivity index is 2.13. The van der Waals surface area contributed by atoms with Gasteiger partial charge in [0.25, 0.3) is 8.32 Å². The Morgan fingerprint density at radius 2 is 1.07 bits per heavy atom. The molecule has 5 atom stereocenters. The maximum Gasteiger partial charge on any atom is 0.305 e. The van der Waals surface area contributed by atoms with E-state index in [1.807, 2.05) is 60.7 Å². The molecule has 1 heterocycles. The van der Waals surface area contributed by atoms with Crippen LogP contribution in [0.1, 0.15) is 48.5 Å². The third-order valence-corrected chi connectivity index (χ3v) is 11.7. The van der Waals surface area contributed by atoms with Crippen molar-refractivity contribution in [2.75, 3.05) is 6.61 Å². The van der Waals surface area contributed by atoms with E-state index in [2.05, 4.69) is 20.8 Å². The lowest BCUT2D eigenvalue weighted by atomic mass is 9.98. The molecule has 0 spiro atoms. The van der Waals surface area contributed by atoms with E-state index in [-0.39, 0.29) is 11.6 Å². The van der Waals surface area contributed by atoms with Gasteiger partial charge >= 0.3 is 23.9 Å². The Hall–Kier alpha value is -3.54. The Bertz CT molecular complexity index is 1170. The molecule has 2 aromatic rings. The zero-order valence-electron chi connectivity index (χ0n) is 24.4. The van der Waals surface area contributed by atoms with Crippen LogP contribution in [-0.4, -0.2) is 69.5 Å². The molecule has 0 aliphatic carbocycles. The van der Waals surface area contributed by atoms with E-state index in [0.717, 1.165) is 17.3 Å². The van der Waals surface area contributed by atoms with Crippen LogP contribution >= 0.6 is 0 Å². The first kappa shape index (κ1) is 32.0. The molecule has 0 unspecified atom stereocenters. The van der Waals surface area contributed by atoms with Gasteiger partial charge in [-0.05, 0) is 15.4 Å². The van der Waals surface area contributed by atoms with Crippen LogP contribution in [0.2, 0.25) is 5.04 Å². The molecule has 1 aliphatic heterocycles. The Morgan fingerprint density at radius 3 is 1.49 bits per heavy atom. The van der Waals surface area contributed by atoms with Gasteiger partial charge in [-0.15, -0.1) is 0 Å².